The van der Waals surface area contributed by atoms with Gasteiger partial charge in [-0.1, -0.05) is 33.3 Å². The van der Waals surface area contributed by atoms with Gasteiger partial charge in [-0.25, -0.2) is 0 Å². The molecule has 1 aromatic heterocycles. The van der Waals surface area contributed by atoms with Crippen LogP contribution in [0.3, 0.4) is 0 Å². The van der Waals surface area contributed by atoms with Crippen LogP contribution < -0.4 is 0 Å². The van der Waals surface area contributed by atoms with Gasteiger partial charge in [0.1, 0.15) is 0 Å². The molecule has 2 heteroatoms. The SMILES string of the molecule is C=CCn1c(C)cc(C(=O)CC(C)(C)CC)c1C. The zero-order valence-corrected chi connectivity index (χ0v) is 12.3. The molecule has 0 unspecified atom stereocenters. The predicted octanol–water partition coefficient (Wildman–Crippen LogP) is 4.30. The molecular weight excluding hydrogens is 222 g/mol. The van der Waals surface area contributed by atoms with E-state index in [0.717, 1.165) is 29.9 Å². The van der Waals surface area contributed by atoms with Gasteiger partial charge in [0.2, 0.25) is 0 Å². The van der Waals surface area contributed by atoms with Gasteiger partial charge in [0.05, 0.1) is 0 Å². The standard InChI is InChI=1S/C16H25NO/c1-7-9-17-12(3)10-14(13(17)4)15(18)11-16(5,6)8-2/h7,10H,1,8-9,11H2,2-6H3. The van der Waals surface area contributed by atoms with Crippen LogP contribution in [0.15, 0.2) is 18.7 Å². The van der Waals surface area contributed by atoms with Crippen LogP contribution in [0.4, 0.5) is 0 Å². The molecule has 1 heterocycles. The molecule has 0 spiro atoms. The molecule has 0 aromatic carbocycles. The van der Waals surface area contributed by atoms with Gasteiger partial charge < -0.3 is 4.57 Å². The van der Waals surface area contributed by atoms with Crippen molar-refractivity contribution in [1.29, 1.82) is 0 Å². The van der Waals surface area contributed by atoms with Crippen molar-refractivity contribution in [2.75, 3.05) is 0 Å². The van der Waals surface area contributed by atoms with Crippen molar-refractivity contribution in [3.63, 3.8) is 0 Å². The topological polar surface area (TPSA) is 22.0 Å². The average molecular weight is 247 g/mol. The Morgan fingerprint density at radius 2 is 2.06 bits per heavy atom. The number of hydrogen-bond donors (Lipinski definition) is 0. The summed E-state index contributed by atoms with van der Waals surface area (Å²) < 4.78 is 2.14. The van der Waals surface area contributed by atoms with E-state index in [9.17, 15) is 4.79 Å². The van der Waals surface area contributed by atoms with Gasteiger partial charge >= 0.3 is 0 Å². The first-order valence-electron chi connectivity index (χ1n) is 6.63. The van der Waals surface area contributed by atoms with Crippen LogP contribution in [-0.4, -0.2) is 10.4 Å². The molecule has 0 aliphatic rings. The van der Waals surface area contributed by atoms with Crippen LogP contribution in [0, 0.1) is 19.3 Å². The second kappa shape index (κ2) is 5.55. The van der Waals surface area contributed by atoms with E-state index >= 15 is 0 Å². The number of allylic oxidation sites excluding steroid dienone is 1. The maximum absolute atomic E-state index is 12.4. The zero-order chi connectivity index (χ0) is 13.9. The Labute approximate surface area is 111 Å². The van der Waals surface area contributed by atoms with E-state index in [2.05, 4.69) is 31.9 Å². The molecule has 0 fully saturated rings. The molecule has 1 rings (SSSR count). The fraction of sp³-hybridized carbons (Fsp3) is 0.562. The lowest BCUT2D eigenvalue weighted by Gasteiger charge is -2.21. The fourth-order valence-electron chi connectivity index (χ4n) is 2.15. The van der Waals surface area contributed by atoms with Crippen LogP contribution in [0.1, 0.15) is 55.4 Å². The van der Waals surface area contributed by atoms with Crippen LogP contribution in [0.25, 0.3) is 0 Å². The number of Topliss-reactive ketones (excluding diaryl/α,β-unsaturated/α-hetero) is 1. The molecule has 0 saturated heterocycles. The van der Waals surface area contributed by atoms with Crippen molar-refractivity contribution in [3.05, 3.63) is 35.7 Å². The zero-order valence-electron chi connectivity index (χ0n) is 12.3. The highest BCUT2D eigenvalue weighted by Crippen LogP contribution is 2.28. The van der Waals surface area contributed by atoms with Gasteiger partial charge in [0.15, 0.2) is 5.78 Å². The van der Waals surface area contributed by atoms with E-state index in [1.54, 1.807) is 0 Å². The first kappa shape index (κ1) is 14.7. The molecule has 0 aliphatic carbocycles. The minimum Gasteiger partial charge on any atom is -0.345 e. The van der Waals surface area contributed by atoms with E-state index in [1.165, 1.54) is 0 Å². The molecule has 0 amide bonds. The van der Waals surface area contributed by atoms with E-state index in [4.69, 9.17) is 0 Å². The summed E-state index contributed by atoms with van der Waals surface area (Å²) in [5, 5.41) is 0. The second-order valence-corrected chi connectivity index (χ2v) is 5.80. The summed E-state index contributed by atoms with van der Waals surface area (Å²) in [6.45, 7) is 15.0. The smallest absolute Gasteiger partial charge is 0.165 e. The van der Waals surface area contributed by atoms with Gasteiger partial charge in [0, 0.05) is 29.9 Å². The van der Waals surface area contributed by atoms with Crippen LogP contribution in [0.5, 0.6) is 0 Å². The maximum Gasteiger partial charge on any atom is 0.165 e. The Morgan fingerprint density at radius 1 is 1.44 bits per heavy atom. The van der Waals surface area contributed by atoms with Crippen molar-refractivity contribution in [3.8, 4) is 0 Å². The van der Waals surface area contributed by atoms with Crippen LogP contribution in [-0.2, 0) is 6.54 Å². The summed E-state index contributed by atoms with van der Waals surface area (Å²) in [7, 11) is 0. The lowest BCUT2D eigenvalue weighted by Crippen LogP contribution is -2.16. The number of nitrogens with zero attached hydrogens (tertiary/aromatic N) is 1. The number of ketones is 1. The number of hydrogen-bond acceptors (Lipinski definition) is 1. The first-order chi connectivity index (χ1) is 8.32. The second-order valence-electron chi connectivity index (χ2n) is 5.80. The fourth-order valence-corrected chi connectivity index (χ4v) is 2.15. The Balaban J connectivity index is 3.00. The number of rotatable bonds is 6. The average Bonchev–Trinajstić information content (AvgIpc) is 2.57. The molecule has 0 saturated carbocycles. The van der Waals surface area contributed by atoms with Crippen LogP contribution >= 0.6 is 0 Å². The van der Waals surface area contributed by atoms with E-state index in [-0.39, 0.29) is 11.2 Å². The molecule has 100 valence electrons. The Hall–Kier alpha value is -1.31. The van der Waals surface area contributed by atoms with Crippen molar-refractivity contribution in [2.45, 2.75) is 54.0 Å². The van der Waals surface area contributed by atoms with Crippen LogP contribution in [0.2, 0.25) is 0 Å². The maximum atomic E-state index is 12.4. The number of carbonyl (C=O) groups excluding carboxylic acids is 1. The predicted molar refractivity (Wildman–Crippen MR) is 77.1 cm³/mol. The highest BCUT2D eigenvalue weighted by Gasteiger charge is 2.23. The van der Waals surface area contributed by atoms with E-state index < -0.39 is 0 Å². The number of aromatic nitrogens is 1. The minimum absolute atomic E-state index is 0.0813. The molecule has 0 N–H and O–H groups in total. The summed E-state index contributed by atoms with van der Waals surface area (Å²) in [6, 6.07) is 2.01. The van der Waals surface area contributed by atoms with E-state index in [1.807, 2.05) is 26.0 Å². The van der Waals surface area contributed by atoms with Gasteiger partial charge in [-0.05, 0) is 25.3 Å². The molecule has 0 aliphatic heterocycles. The lowest BCUT2D eigenvalue weighted by molar-refractivity contribution is 0.0928. The molecule has 0 bridgehead atoms. The van der Waals surface area contributed by atoms with Gasteiger partial charge in [0.25, 0.3) is 0 Å². The summed E-state index contributed by atoms with van der Waals surface area (Å²) >= 11 is 0. The molecule has 0 atom stereocenters. The van der Waals surface area contributed by atoms with E-state index in [0.29, 0.717) is 6.42 Å². The van der Waals surface area contributed by atoms with Crippen molar-refractivity contribution in [1.82, 2.24) is 4.57 Å². The normalized spacial score (nSPS) is 11.6. The minimum atomic E-state index is 0.0813. The Kier molecular flexibility index (Phi) is 4.55. The first-order valence-corrected chi connectivity index (χ1v) is 6.63. The van der Waals surface area contributed by atoms with Crippen molar-refractivity contribution >= 4 is 5.78 Å². The van der Waals surface area contributed by atoms with Gasteiger partial charge in [-0.15, -0.1) is 6.58 Å². The Morgan fingerprint density at radius 3 is 2.56 bits per heavy atom. The van der Waals surface area contributed by atoms with Gasteiger partial charge in [-0.2, -0.15) is 0 Å². The quantitative estimate of drug-likeness (QED) is 0.542. The third-order valence-corrected chi connectivity index (χ3v) is 3.78. The summed E-state index contributed by atoms with van der Waals surface area (Å²) in [5.74, 6) is 0.255. The summed E-state index contributed by atoms with van der Waals surface area (Å²) in [6.07, 6.45) is 3.50. The molecule has 0 radical (unpaired) electrons. The lowest BCUT2D eigenvalue weighted by atomic mass is 9.83. The molecule has 1 aromatic rings. The summed E-state index contributed by atoms with van der Waals surface area (Å²) in [5.41, 5.74) is 3.14. The van der Waals surface area contributed by atoms with Gasteiger partial charge in [-0.3, -0.25) is 4.79 Å². The monoisotopic (exact) mass is 247 g/mol. The molecular formula is C16H25NO. The largest absolute Gasteiger partial charge is 0.345 e. The summed E-state index contributed by atoms with van der Waals surface area (Å²) in [4.78, 5) is 12.4. The number of aryl methyl sites for hydroxylation is 1. The third-order valence-electron chi connectivity index (χ3n) is 3.78. The highest BCUT2D eigenvalue weighted by molar-refractivity contribution is 5.97. The number of carbonyl (C=O) groups is 1. The molecule has 18 heavy (non-hydrogen) atoms. The Bertz CT molecular complexity index is 452. The molecule has 2 nitrogen and oxygen atoms in total. The third kappa shape index (κ3) is 3.12. The van der Waals surface area contributed by atoms with Crippen molar-refractivity contribution in [2.24, 2.45) is 5.41 Å². The van der Waals surface area contributed by atoms with Crippen molar-refractivity contribution < 1.29 is 4.79 Å². The highest BCUT2D eigenvalue weighted by atomic mass is 16.1.